The monoisotopic (exact) mass is 182 g/mol. The van der Waals surface area contributed by atoms with E-state index < -0.39 is 0 Å². The summed E-state index contributed by atoms with van der Waals surface area (Å²) in [6, 6.07) is 0. The largest absolute Gasteiger partial charge is 0.303 e. The Morgan fingerprint density at radius 3 is 2.31 bits per heavy atom. The highest BCUT2D eigenvalue weighted by Crippen LogP contribution is 2.46. The van der Waals surface area contributed by atoms with Crippen LogP contribution in [0.2, 0.25) is 0 Å². The molecule has 0 aromatic carbocycles. The van der Waals surface area contributed by atoms with E-state index in [0.29, 0.717) is 5.41 Å². The van der Waals surface area contributed by atoms with Gasteiger partial charge in [-0.3, -0.25) is 0 Å². The molecule has 0 N–H and O–H groups in total. The average Bonchev–Trinajstić information content (AvgIpc) is 2.51. The molecule has 0 amide bonds. The predicted molar refractivity (Wildman–Crippen MR) is 55.7 cm³/mol. The van der Waals surface area contributed by atoms with Crippen LogP contribution in [0.15, 0.2) is 0 Å². The first-order valence-electron chi connectivity index (χ1n) is 5.50. The zero-order valence-electron chi connectivity index (χ0n) is 9.23. The van der Waals surface area contributed by atoms with Gasteiger partial charge in [-0.15, -0.1) is 0 Å². The molecule has 1 fully saturated rings. The highest BCUT2D eigenvalue weighted by atomic mass is 16.1. The second kappa shape index (κ2) is 3.81. The molecule has 0 aromatic rings. The van der Waals surface area contributed by atoms with Crippen molar-refractivity contribution in [2.75, 3.05) is 0 Å². The number of carbonyl (C=O) groups is 1. The van der Waals surface area contributed by atoms with Crippen LogP contribution in [0.1, 0.15) is 59.3 Å². The average molecular weight is 182 g/mol. The molecule has 0 bridgehead atoms. The Bertz CT molecular complexity index is 180. The summed E-state index contributed by atoms with van der Waals surface area (Å²) in [4.78, 5) is 11.0. The fraction of sp³-hybridized carbons (Fsp3) is 0.917. The third kappa shape index (κ3) is 2.55. The molecular weight excluding hydrogens is 160 g/mol. The normalized spacial score (nSPS) is 25.5. The molecule has 1 heteroatoms. The Balaban J connectivity index is 2.59. The van der Waals surface area contributed by atoms with Crippen LogP contribution in [0.25, 0.3) is 0 Å². The van der Waals surface area contributed by atoms with E-state index in [9.17, 15) is 4.79 Å². The van der Waals surface area contributed by atoms with Crippen LogP contribution in [-0.2, 0) is 4.79 Å². The van der Waals surface area contributed by atoms with Crippen molar-refractivity contribution in [2.24, 2.45) is 10.8 Å². The highest BCUT2D eigenvalue weighted by Gasteiger charge is 2.36. The van der Waals surface area contributed by atoms with Gasteiger partial charge < -0.3 is 4.79 Å². The van der Waals surface area contributed by atoms with Crippen molar-refractivity contribution in [3.63, 3.8) is 0 Å². The van der Waals surface area contributed by atoms with Gasteiger partial charge in [-0.2, -0.15) is 0 Å². The Kier molecular flexibility index (Phi) is 3.15. The van der Waals surface area contributed by atoms with Crippen LogP contribution in [-0.4, -0.2) is 6.29 Å². The molecule has 0 radical (unpaired) electrons. The quantitative estimate of drug-likeness (QED) is 0.607. The van der Waals surface area contributed by atoms with Gasteiger partial charge in [0.05, 0.1) is 0 Å². The molecule has 1 saturated carbocycles. The second-order valence-electron chi connectivity index (χ2n) is 5.32. The van der Waals surface area contributed by atoms with Gasteiger partial charge in [0.25, 0.3) is 0 Å². The summed E-state index contributed by atoms with van der Waals surface area (Å²) < 4.78 is 0. The van der Waals surface area contributed by atoms with Crippen molar-refractivity contribution in [1.82, 2.24) is 0 Å². The van der Waals surface area contributed by atoms with Crippen molar-refractivity contribution in [1.29, 1.82) is 0 Å². The lowest BCUT2D eigenvalue weighted by atomic mass is 9.71. The smallest absolute Gasteiger partial charge is 0.125 e. The molecule has 0 aromatic heterocycles. The SMILES string of the molecule is CCC(C)(C=O)CC1(C)CCCC1. The van der Waals surface area contributed by atoms with Gasteiger partial charge >= 0.3 is 0 Å². The van der Waals surface area contributed by atoms with E-state index in [2.05, 4.69) is 20.8 Å². The van der Waals surface area contributed by atoms with E-state index in [1.54, 1.807) is 0 Å². The molecule has 0 aliphatic heterocycles. The Hall–Kier alpha value is -0.330. The molecule has 13 heavy (non-hydrogen) atoms. The number of hydrogen-bond acceptors (Lipinski definition) is 1. The lowest BCUT2D eigenvalue weighted by Gasteiger charge is -2.32. The van der Waals surface area contributed by atoms with Crippen molar-refractivity contribution >= 4 is 6.29 Å². The number of aldehydes is 1. The van der Waals surface area contributed by atoms with Crippen molar-refractivity contribution in [3.05, 3.63) is 0 Å². The molecule has 76 valence electrons. The van der Waals surface area contributed by atoms with Gasteiger partial charge in [-0.05, 0) is 31.1 Å². The Morgan fingerprint density at radius 2 is 1.92 bits per heavy atom. The van der Waals surface area contributed by atoms with Crippen LogP contribution < -0.4 is 0 Å². The maximum Gasteiger partial charge on any atom is 0.125 e. The minimum atomic E-state index is -0.0703. The van der Waals surface area contributed by atoms with Crippen LogP contribution in [0.4, 0.5) is 0 Å². The lowest BCUT2D eigenvalue weighted by molar-refractivity contribution is -0.117. The molecule has 1 nitrogen and oxygen atoms in total. The Morgan fingerprint density at radius 1 is 1.38 bits per heavy atom. The maximum absolute atomic E-state index is 11.0. The summed E-state index contributed by atoms with van der Waals surface area (Å²) >= 11 is 0. The van der Waals surface area contributed by atoms with Gasteiger partial charge in [0.2, 0.25) is 0 Å². The molecule has 0 spiro atoms. The fourth-order valence-corrected chi connectivity index (χ4v) is 2.63. The predicted octanol–water partition coefficient (Wildman–Crippen LogP) is 3.57. The number of rotatable bonds is 4. The molecule has 1 unspecified atom stereocenters. The van der Waals surface area contributed by atoms with Gasteiger partial charge in [0.1, 0.15) is 6.29 Å². The van der Waals surface area contributed by atoms with Crippen molar-refractivity contribution in [2.45, 2.75) is 59.3 Å². The topological polar surface area (TPSA) is 17.1 Å². The first-order valence-corrected chi connectivity index (χ1v) is 5.50. The summed E-state index contributed by atoms with van der Waals surface area (Å²) in [5.41, 5.74) is 0.380. The zero-order valence-corrected chi connectivity index (χ0v) is 9.23. The van der Waals surface area contributed by atoms with Crippen LogP contribution >= 0.6 is 0 Å². The van der Waals surface area contributed by atoms with Crippen LogP contribution in [0.3, 0.4) is 0 Å². The standard InChI is InChI=1S/C12H22O/c1-4-11(2,10-13)9-12(3)7-5-6-8-12/h10H,4-9H2,1-3H3. The van der Waals surface area contributed by atoms with Gasteiger partial charge in [-0.1, -0.05) is 33.6 Å². The van der Waals surface area contributed by atoms with Crippen molar-refractivity contribution in [3.8, 4) is 0 Å². The minimum absolute atomic E-state index is 0.0703. The van der Waals surface area contributed by atoms with Gasteiger partial charge in [-0.25, -0.2) is 0 Å². The van der Waals surface area contributed by atoms with Crippen LogP contribution in [0, 0.1) is 10.8 Å². The van der Waals surface area contributed by atoms with Crippen LogP contribution in [0.5, 0.6) is 0 Å². The molecule has 0 heterocycles. The van der Waals surface area contributed by atoms with E-state index in [4.69, 9.17) is 0 Å². The summed E-state index contributed by atoms with van der Waals surface area (Å²) in [6.45, 7) is 6.56. The fourth-order valence-electron chi connectivity index (χ4n) is 2.63. The molecule has 1 atom stereocenters. The number of carbonyl (C=O) groups excluding carboxylic acids is 1. The van der Waals surface area contributed by atoms with Gasteiger partial charge in [0, 0.05) is 5.41 Å². The van der Waals surface area contributed by atoms with E-state index in [-0.39, 0.29) is 5.41 Å². The Labute approximate surface area is 81.9 Å². The highest BCUT2D eigenvalue weighted by molar-refractivity contribution is 5.58. The molecule has 1 aliphatic carbocycles. The summed E-state index contributed by atoms with van der Waals surface area (Å²) in [5, 5.41) is 0. The first kappa shape index (κ1) is 10.7. The number of hydrogen-bond donors (Lipinski definition) is 0. The summed E-state index contributed by atoms with van der Waals surface area (Å²) in [6.07, 6.45) is 8.57. The molecule has 1 aliphatic rings. The third-order valence-corrected chi connectivity index (χ3v) is 3.73. The zero-order chi connectivity index (χ0) is 9.95. The minimum Gasteiger partial charge on any atom is -0.303 e. The molecule has 1 rings (SSSR count). The maximum atomic E-state index is 11.0. The molecular formula is C12H22O. The summed E-state index contributed by atoms with van der Waals surface area (Å²) in [5.74, 6) is 0. The first-order chi connectivity index (χ1) is 6.04. The van der Waals surface area contributed by atoms with E-state index in [0.717, 1.165) is 19.1 Å². The molecule has 0 saturated heterocycles. The van der Waals surface area contributed by atoms with Crippen molar-refractivity contribution < 1.29 is 4.79 Å². The lowest BCUT2D eigenvalue weighted by Crippen LogP contribution is -2.26. The van der Waals surface area contributed by atoms with E-state index in [1.165, 1.54) is 25.7 Å². The third-order valence-electron chi connectivity index (χ3n) is 3.73. The van der Waals surface area contributed by atoms with Gasteiger partial charge in [0.15, 0.2) is 0 Å². The van der Waals surface area contributed by atoms with E-state index in [1.807, 2.05) is 0 Å². The summed E-state index contributed by atoms with van der Waals surface area (Å²) in [7, 11) is 0. The second-order valence-corrected chi connectivity index (χ2v) is 5.32. The van der Waals surface area contributed by atoms with E-state index >= 15 is 0 Å².